The van der Waals surface area contributed by atoms with Crippen molar-refractivity contribution in [2.24, 2.45) is 0 Å². The van der Waals surface area contributed by atoms with Gasteiger partial charge in [0.05, 0.1) is 17.5 Å². The van der Waals surface area contributed by atoms with E-state index in [0.29, 0.717) is 36.9 Å². The van der Waals surface area contributed by atoms with Crippen LogP contribution in [0.1, 0.15) is 48.3 Å². The molecule has 268 valence electrons. The van der Waals surface area contributed by atoms with Gasteiger partial charge in [0, 0.05) is 41.3 Å². The lowest BCUT2D eigenvalue weighted by Gasteiger charge is -2.31. The number of aromatic nitrogens is 1. The van der Waals surface area contributed by atoms with Crippen LogP contribution < -0.4 is 15.5 Å². The first-order chi connectivity index (χ1) is 22.7. The van der Waals surface area contributed by atoms with E-state index in [1.54, 1.807) is 29.7 Å². The van der Waals surface area contributed by atoms with Gasteiger partial charge in [0.1, 0.15) is 12.4 Å². The van der Waals surface area contributed by atoms with Crippen LogP contribution in [0.3, 0.4) is 0 Å². The fourth-order valence-corrected chi connectivity index (χ4v) is 4.67. The summed E-state index contributed by atoms with van der Waals surface area (Å²) in [6, 6.07) is 17.3. The predicted octanol–water partition coefficient (Wildman–Crippen LogP) is 4.87. The predicted molar refractivity (Wildman–Crippen MR) is 161 cm³/mol. The van der Waals surface area contributed by atoms with Crippen molar-refractivity contribution >= 4 is 34.7 Å². The number of carboxylic acids is 2. The minimum atomic E-state index is -5.08. The molecule has 1 atom stereocenters. The maximum absolute atomic E-state index is 13.1. The van der Waals surface area contributed by atoms with E-state index in [0.717, 1.165) is 28.7 Å². The molecular formula is C31H34F6N4O8. The highest BCUT2D eigenvalue weighted by Gasteiger charge is 2.42. The maximum atomic E-state index is 13.1. The number of amides is 2. The summed E-state index contributed by atoms with van der Waals surface area (Å²) in [6.45, 7) is 7.83. The summed E-state index contributed by atoms with van der Waals surface area (Å²) in [5.74, 6) is -5.64. The Bertz CT molecular complexity index is 1590. The van der Waals surface area contributed by atoms with Crippen LogP contribution in [0.5, 0.6) is 5.75 Å². The number of nitrogens with one attached hydrogen (secondary N) is 2. The molecule has 1 unspecified atom stereocenters. The number of benzene rings is 2. The van der Waals surface area contributed by atoms with E-state index in [-0.39, 0.29) is 12.3 Å². The van der Waals surface area contributed by atoms with Gasteiger partial charge >= 0.3 is 24.3 Å². The number of hydrogen-bond acceptors (Lipinski definition) is 8. The number of aliphatic carboxylic acids is 2. The Morgan fingerprint density at radius 1 is 0.959 bits per heavy atom. The molecule has 5 N–H and O–H groups in total. The van der Waals surface area contributed by atoms with Crippen molar-refractivity contribution in [3.63, 3.8) is 0 Å². The third-order valence-corrected chi connectivity index (χ3v) is 7.04. The van der Waals surface area contributed by atoms with E-state index in [2.05, 4.69) is 29.0 Å². The smallest absolute Gasteiger partial charge is 0.489 e. The number of hydrogen-bond donors (Lipinski definition) is 5. The molecule has 4 rings (SSSR count). The monoisotopic (exact) mass is 704 g/mol. The lowest BCUT2D eigenvalue weighted by Crippen LogP contribution is -2.53. The number of para-hydroxylation sites is 1. The van der Waals surface area contributed by atoms with Crippen LogP contribution in [0, 0.1) is 6.92 Å². The van der Waals surface area contributed by atoms with Crippen molar-refractivity contribution in [2.75, 3.05) is 13.1 Å². The summed E-state index contributed by atoms with van der Waals surface area (Å²) < 4.78 is 69.5. The molecule has 2 heterocycles. The van der Waals surface area contributed by atoms with Gasteiger partial charge in [0.2, 0.25) is 5.91 Å². The highest BCUT2D eigenvalue weighted by Crippen LogP contribution is 2.28. The largest absolute Gasteiger partial charge is 0.490 e. The van der Waals surface area contributed by atoms with Gasteiger partial charge in [0.15, 0.2) is 0 Å². The third-order valence-electron chi connectivity index (χ3n) is 7.04. The van der Waals surface area contributed by atoms with E-state index in [4.69, 9.17) is 29.7 Å². The van der Waals surface area contributed by atoms with Crippen LogP contribution in [0.4, 0.5) is 26.3 Å². The summed E-state index contributed by atoms with van der Waals surface area (Å²) in [6.07, 6.45) is -9.52. The normalized spacial score (nSPS) is 16.1. The van der Waals surface area contributed by atoms with Gasteiger partial charge in [-0.2, -0.15) is 26.3 Å². The second kappa shape index (κ2) is 16.9. The number of hydroxylamine groups is 1. The molecule has 2 amide bonds. The highest BCUT2D eigenvalue weighted by atomic mass is 19.4. The minimum absolute atomic E-state index is 0.0129. The Labute approximate surface area is 275 Å². The summed E-state index contributed by atoms with van der Waals surface area (Å²) in [5, 5.41) is 27.4. The number of carboxylic acid groups (broad SMARTS) is 2. The molecule has 1 aliphatic heterocycles. The molecule has 1 fully saturated rings. The zero-order valence-corrected chi connectivity index (χ0v) is 26.4. The first-order valence-electron chi connectivity index (χ1n) is 14.4. The van der Waals surface area contributed by atoms with Crippen LogP contribution in [-0.4, -0.2) is 86.1 Å². The van der Waals surface area contributed by atoms with Crippen LogP contribution >= 0.6 is 0 Å². The van der Waals surface area contributed by atoms with Crippen LogP contribution in [0.2, 0.25) is 0 Å². The fraction of sp³-hybridized carbons (Fsp3) is 0.387. The number of alkyl halides is 6. The molecular weight excluding hydrogens is 670 g/mol. The fourth-order valence-electron chi connectivity index (χ4n) is 4.67. The SMILES string of the molecule is Cc1cc(COc2ccc(C(=O)NC3(CC(=O)NO)CCN(C(C)C)C3)cc2)c2ccccc2n1.O=C(O)C(F)(F)F.O=C(O)C(F)(F)F. The zero-order valence-electron chi connectivity index (χ0n) is 26.4. The Morgan fingerprint density at radius 2 is 1.51 bits per heavy atom. The summed E-state index contributed by atoms with van der Waals surface area (Å²) in [4.78, 5) is 49.6. The second-order valence-electron chi connectivity index (χ2n) is 11.1. The highest BCUT2D eigenvalue weighted by molar-refractivity contribution is 5.95. The standard InChI is InChI=1S/C27H32N4O4.2C2HF3O2/c1-18(2)31-13-12-27(17-31,15-25(32)30-34)29-26(33)20-8-10-22(11-9-20)35-16-21-14-19(3)28-24-7-5-4-6-23(21)24;2*3-2(4,5)1(6)7/h4-11,14,18,34H,12-13,15-17H2,1-3H3,(H,29,33)(H,30,32);2*(H,6,7). The van der Waals surface area contributed by atoms with E-state index >= 15 is 0 Å². The Hall–Kier alpha value is -4.97. The molecule has 1 aromatic heterocycles. The van der Waals surface area contributed by atoms with Gasteiger partial charge in [-0.1, -0.05) is 18.2 Å². The van der Waals surface area contributed by atoms with Gasteiger partial charge in [-0.25, -0.2) is 15.1 Å². The van der Waals surface area contributed by atoms with E-state index in [9.17, 15) is 35.9 Å². The molecule has 0 aliphatic carbocycles. The van der Waals surface area contributed by atoms with Crippen molar-refractivity contribution in [1.29, 1.82) is 0 Å². The number of likely N-dealkylation sites (tertiary alicyclic amines) is 1. The number of rotatable bonds is 8. The average Bonchev–Trinajstić information content (AvgIpc) is 3.43. The molecule has 0 radical (unpaired) electrons. The van der Waals surface area contributed by atoms with E-state index in [1.807, 2.05) is 37.3 Å². The lowest BCUT2D eigenvalue weighted by molar-refractivity contribution is -0.193. The van der Waals surface area contributed by atoms with Crippen molar-refractivity contribution in [3.8, 4) is 5.75 Å². The number of pyridine rings is 1. The maximum Gasteiger partial charge on any atom is 0.490 e. The first kappa shape index (κ1) is 40.2. The summed E-state index contributed by atoms with van der Waals surface area (Å²) in [7, 11) is 0. The van der Waals surface area contributed by atoms with Crippen LogP contribution in [0.15, 0.2) is 54.6 Å². The first-order valence-corrected chi connectivity index (χ1v) is 14.4. The number of halogens is 6. The number of fused-ring (bicyclic) bond motifs is 1. The van der Waals surface area contributed by atoms with Crippen molar-refractivity contribution in [3.05, 3.63) is 71.4 Å². The number of aryl methyl sites for hydroxylation is 1. The molecule has 0 spiro atoms. The van der Waals surface area contributed by atoms with Gasteiger partial charge in [0.25, 0.3) is 5.91 Å². The quantitative estimate of drug-likeness (QED) is 0.124. The van der Waals surface area contributed by atoms with Gasteiger partial charge in [-0.15, -0.1) is 0 Å². The van der Waals surface area contributed by atoms with E-state index < -0.39 is 35.7 Å². The molecule has 1 aliphatic rings. The molecule has 18 heteroatoms. The van der Waals surface area contributed by atoms with Gasteiger partial charge in [-0.3, -0.25) is 24.7 Å². The summed E-state index contributed by atoms with van der Waals surface area (Å²) >= 11 is 0. The van der Waals surface area contributed by atoms with Crippen LogP contribution in [0.25, 0.3) is 10.9 Å². The Kier molecular flexibility index (Phi) is 13.9. The number of carbonyl (C=O) groups excluding carboxylic acids is 2. The molecule has 49 heavy (non-hydrogen) atoms. The summed E-state index contributed by atoms with van der Waals surface area (Å²) in [5.41, 5.74) is 4.36. The van der Waals surface area contributed by atoms with Crippen molar-refractivity contribution < 1.29 is 65.7 Å². The Balaban J connectivity index is 0.000000500. The lowest BCUT2D eigenvalue weighted by atomic mass is 9.93. The van der Waals surface area contributed by atoms with E-state index in [1.165, 1.54) is 0 Å². The molecule has 12 nitrogen and oxygen atoms in total. The van der Waals surface area contributed by atoms with Crippen LogP contribution in [-0.2, 0) is 21.0 Å². The average molecular weight is 705 g/mol. The van der Waals surface area contributed by atoms with Gasteiger partial charge < -0.3 is 20.3 Å². The Morgan fingerprint density at radius 3 is 2.00 bits per heavy atom. The topological polar surface area (TPSA) is 178 Å². The van der Waals surface area contributed by atoms with Crippen molar-refractivity contribution in [2.45, 2.75) is 64.2 Å². The molecule has 3 aromatic rings. The van der Waals surface area contributed by atoms with Gasteiger partial charge in [-0.05, 0) is 63.6 Å². The van der Waals surface area contributed by atoms with Crippen molar-refractivity contribution in [1.82, 2.24) is 20.7 Å². The second-order valence-corrected chi connectivity index (χ2v) is 11.1. The zero-order chi connectivity index (χ0) is 37.2. The molecule has 0 bridgehead atoms. The number of nitrogens with zero attached hydrogens (tertiary/aromatic N) is 2. The molecule has 0 saturated carbocycles. The number of ether oxygens (including phenoxy) is 1. The number of carbonyl (C=O) groups is 4. The minimum Gasteiger partial charge on any atom is -0.489 e. The third kappa shape index (κ3) is 12.5. The molecule has 2 aromatic carbocycles. The molecule has 1 saturated heterocycles.